The molecule has 3 N–H and O–H groups in total. The molecule has 0 heterocycles. The number of primary amides is 1. The Labute approximate surface area is 152 Å². The quantitative estimate of drug-likeness (QED) is 0.783. The molecule has 0 aliphatic heterocycles. The number of halogens is 3. The normalized spacial score (nSPS) is 11.8. The number of carbonyl (C=O) groups is 2. The molecule has 4 nitrogen and oxygen atoms in total. The molecule has 0 bridgehead atoms. The third-order valence-electron chi connectivity index (χ3n) is 3.17. The van der Waals surface area contributed by atoms with Gasteiger partial charge in [0.25, 0.3) is 5.91 Å². The minimum absolute atomic E-state index is 0.186. The molecule has 2 amide bonds. The predicted octanol–water partition coefficient (Wildman–Crippen LogP) is 3.58. The Balaban J connectivity index is 2.16. The lowest BCUT2D eigenvalue weighted by Crippen LogP contribution is -2.45. The standard InChI is InChI=1S/C16H13BrCl2N2O2/c17-11-3-1-2-10(6-11)16(23)21-14(15(20)22)7-9-4-5-12(18)8-13(9)19/h1-6,8,14H,7H2,(H2,20,22)(H,21,23)/t14-/m1/s1. The van der Waals surface area contributed by atoms with Crippen molar-refractivity contribution in [3.05, 3.63) is 68.1 Å². The van der Waals surface area contributed by atoms with Crippen LogP contribution in [0.4, 0.5) is 0 Å². The number of carbonyl (C=O) groups excluding carboxylic acids is 2. The van der Waals surface area contributed by atoms with E-state index < -0.39 is 11.9 Å². The highest BCUT2D eigenvalue weighted by molar-refractivity contribution is 9.10. The summed E-state index contributed by atoms with van der Waals surface area (Å²) in [5.41, 5.74) is 6.49. The smallest absolute Gasteiger partial charge is 0.251 e. The first kappa shape index (κ1) is 17.8. The Hall–Kier alpha value is -1.56. The van der Waals surface area contributed by atoms with Gasteiger partial charge in [-0.25, -0.2) is 0 Å². The van der Waals surface area contributed by atoms with Gasteiger partial charge >= 0.3 is 0 Å². The van der Waals surface area contributed by atoms with E-state index in [1.54, 1.807) is 42.5 Å². The van der Waals surface area contributed by atoms with Crippen LogP contribution in [0.15, 0.2) is 46.9 Å². The van der Waals surface area contributed by atoms with E-state index in [2.05, 4.69) is 21.2 Å². The topological polar surface area (TPSA) is 72.2 Å². The first-order chi connectivity index (χ1) is 10.9. The maximum atomic E-state index is 12.2. The van der Waals surface area contributed by atoms with E-state index in [-0.39, 0.29) is 12.3 Å². The molecule has 0 saturated heterocycles. The van der Waals surface area contributed by atoms with Gasteiger partial charge in [0.15, 0.2) is 0 Å². The van der Waals surface area contributed by atoms with E-state index in [9.17, 15) is 9.59 Å². The lowest BCUT2D eigenvalue weighted by molar-refractivity contribution is -0.119. The molecule has 0 saturated carbocycles. The molecule has 0 aliphatic rings. The molecule has 1 atom stereocenters. The zero-order valence-corrected chi connectivity index (χ0v) is 15.0. The summed E-state index contributed by atoms with van der Waals surface area (Å²) in [6, 6.07) is 10.9. The minimum Gasteiger partial charge on any atom is -0.368 e. The second kappa shape index (κ2) is 7.81. The first-order valence-electron chi connectivity index (χ1n) is 6.66. The molecule has 7 heteroatoms. The monoisotopic (exact) mass is 414 g/mol. The van der Waals surface area contributed by atoms with Crippen molar-refractivity contribution in [3.63, 3.8) is 0 Å². The molecule has 0 spiro atoms. The van der Waals surface area contributed by atoms with Crippen LogP contribution in [-0.2, 0) is 11.2 Å². The van der Waals surface area contributed by atoms with Gasteiger partial charge in [-0.1, -0.05) is 51.3 Å². The summed E-state index contributed by atoms with van der Waals surface area (Å²) in [4.78, 5) is 23.9. The molecule has 2 aromatic rings. The minimum atomic E-state index is -0.875. The number of nitrogens with two attached hydrogens (primary N) is 1. The summed E-state index contributed by atoms with van der Waals surface area (Å²) in [7, 11) is 0. The second-order valence-corrected chi connectivity index (χ2v) is 6.64. The summed E-state index contributed by atoms with van der Waals surface area (Å²) >= 11 is 15.2. The van der Waals surface area contributed by atoms with E-state index >= 15 is 0 Å². The first-order valence-corrected chi connectivity index (χ1v) is 8.21. The van der Waals surface area contributed by atoms with Gasteiger partial charge in [-0.3, -0.25) is 9.59 Å². The Morgan fingerprint density at radius 1 is 1.17 bits per heavy atom. The van der Waals surface area contributed by atoms with Crippen LogP contribution in [0.25, 0.3) is 0 Å². The average Bonchev–Trinajstić information content (AvgIpc) is 2.48. The molecule has 0 aliphatic carbocycles. The molecule has 2 rings (SSSR count). The molecule has 0 fully saturated rings. The summed E-state index contributed by atoms with van der Waals surface area (Å²) in [5, 5.41) is 3.53. The highest BCUT2D eigenvalue weighted by atomic mass is 79.9. The van der Waals surface area contributed by atoms with E-state index in [4.69, 9.17) is 28.9 Å². The number of benzene rings is 2. The lowest BCUT2D eigenvalue weighted by atomic mass is 10.0. The van der Waals surface area contributed by atoms with Gasteiger partial charge in [-0.05, 0) is 35.9 Å². The van der Waals surface area contributed by atoms with E-state index in [1.807, 2.05) is 0 Å². The van der Waals surface area contributed by atoms with Crippen molar-refractivity contribution in [3.8, 4) is 0 Å². The summed E-state index contributed by atoms with van der Waals surface area (Å²) in [5.74, 6) is -1.03. The van der Waals surface area contributed by atoms with Crippen LogP contribution < -0.4 is 11.1 Å². The molecule has 0 radical (unpaired) electrons. The molecule has 0 aromatic heterocycles. The fraction of sp³-hybridized carbons (Fsp3) is 0.125. The van der Waals surface area contributed by atoms with Gasteiger partial charge in [0, 0.05) is 26.5 Å². The largest absolute Gasteiger partial charge is 0.368 e. The van der Waals surface area contributed by atoms with Crippen molar-refractivity contribution in [2.75, 3.05) is 0 Å². The number of amides is 2. The van der Waals surface area contributed by atoms with Gasteiger partial charge in [-0.15, -0.1) is 0 Å². The molecular formula is C16H13BrCl2N2O2. The van der Waals surface area contributed by atoms with Crippen molar-refractivity contribution < 1.29 is 9.59 Å². The van der Waals surface area contributed by atoms with Crippen LogP contribution in [0.1, 0.15) is 15.9 Å². The Morgan fingerprint density at radius 2 is 1.91 bits per heavy atom. The predicted molar refractivity (Wildman–Crippen MR) is 94.8 cm³/mol. The van der Waals surface area contributed by atoms with Gasteiger partial charge in [-0.2, -0.15) is 0 Å². The van der Waals surface area contributed by atoms with Crippen molar-refractivity contribution in [2.24, 2.45) is 5.73 Å². The third-order valence-corrected chi connectivity index (χ3v) is 4.25. The van der Waals surface area contributed by atoms with Crippen LogP contribution in [0.5, 0.6) is 0 Å². The number of hydrogen-bond acceptors (Lipinski definition) is 2. The van der Waals surface area contributed by atoms with Crippen molar-refractivity contribution in [1.29, 1.82) is 0 Å². The summed E-state index contributed by atoms with van der Waals surface area (Å²) in [6.07, 6.45) is 0.186. The molecule has 120 valence electrons. The molecule has 2 aromatic carbocycles. The Bertz CT molecular complexity index is 753. The number of rotatable bonds is 5. The summed E-state index contributed by atoms with van der Waals surface area (Å²) in [6.45, 7) is 0. The number of hydrogen-bond donors (Lipinski definition) is 2. The van der Waals surface area contributed by atoms with Crippen LogP contribution in [0.3, 0.4) is 0 Å². The van der Waals surface area contributed by atoms with Crippen molar-refractivity contribution >= 4 is 50.9 Å². The van der Waals surface area contributed by atoms with Crippen LogP contribution >= 0.6 is 39.1 Å². The molecular weight excluding hydrogens is 403 g/mol. The zero-order chi connectivity index (χ0) is 17.0. The van der Waals surface area contributed by atoms with Crippen LogP contribution in [-0.4, -0.2) is 17.9 Å². The average molecular weight is 416 g/mol. The highest BCUT2D eigenvalue weighted by Crippen LogP contribution is 2.22. The second-order valence-electron chi connectivity index (χ2n) is 4.88. The zero-order valence-electron chi connectivity index (χ0n) is 11.9. The summed E-state index contributed by atoms with van der Waals surface area (Å²) < 4.78 is 0.765. The Morgan fingerprint density at radius 3 is 2.52 bits per heavy atom. The van der Waals surface area contributed by atoms with Gasteiger partial charge < -0.3 is 11.1 Å². The highest BCUT2D eigenvalue weighted by Gasteiger charge is 2.20. The van der Waals surface area contributed by atoms with Crippen LogP contribution in [0, 0.1) is 0 Å². The van der Waals surface area contributed by atoms with Gasteiger partial charge in [0.05, 0.1) is 0 Å². The SMILES string of the molecule is NC(=O)[C@@H](Cc1ccc(Cl)cc1Cl)NC(=O)c1cccc(Br)c1. The maximum Gasteiger partial charge on any atom is 0.251 e. The van der Waals surface area contributed by atoms with Gasteiger partial charge in [0.2, 0.25) is 5.91 Å². The molecule has 0 unspecified atom stereocenters. The van der Waals surface area contributed by atoms with Crippen LogP contribution in [0.2, 0.25) is 10.0 Å². The van der Waals surface area contributed by atoms with E-state index in [0.29, 0.717) is 21.2 Å². The lowest BCUT2D eigenvalue weighted by Gasteiger charge is -2.16. The Kier molecular flexibility index (Phi) is 6.04. The van der Waals surface area contributed by atoms with Gasteiger partial charge in [0.1, 0.15) is 6.04 Å². The maximum absolute atomic E-state index is 12.2. The third kappa shape index (κ3) is 4.96. The van der Waals surface area contributed by atoms with Crippen molar-refractivity contribution in [2.45, 2.75) is 12.5 Å². The van der Waals surface area contributed by atoms with E-state index in [0.717, 1.165) is 4.47 Å². The fourth-order valence-electron chi connectivity index (χ4n) is 2.00. The van der Waals surface area contributed by atoms with E-state index in [1.165, 1.54) is 0 Å². The number of nitrogens with one attached hydrogen (secondary N) is 1. The fourth-order valence-corrected chi connectivity index (χ4v) is 2.89. The molecule has 23 heavy (non-hydrogen) atoms. The van der Waals surface area contributed by atoms with Crippen molar-refractivity contribution in [1.82, 2.24) is 5.32 Å².